The number of aryl methyl sites for hydroxylation is 1. The third-order valence-electron chi connectivity index (χ3n) is 2.91. The second kappa shape index (κ2) is 4.05. The Kier molecular flexibility index (Phi) is 2.71. The number of hydrogen-bond acceptors (Lipinski definition) is 2. The quantitative estimate of drug-likeness (QED) is 0.859. The molecule has 2 aromatic rings. The Labute approximate surface area is 98.1 Å². The summed E-state index contributed by atoms with van der Waals surface area (Å²) in [6.07, 6.45) is 0. The lowest BCUT2D eigenvalue weighted by atomic mass is 10.1. The van der Waals surface area contributed by atoms with Crippen molar-refractivity contribution in [1.82, 2.24) is 4.57 Å². The van der Waals surface area contributed by atoms with Gasteiger partial charge in [-0.1, -0.05) is 18.2 Å². The molecule has 0 aliphatic rings. The van der Waals surface area contributed by atoms with Gasteiger partial charge in [0.1, 0.15) is 6.04 Å². The lowest BCUT2D eigenvalue weighted by Crippen LogP contribution is -2.28. The highest BCUT2D eigenvalue weighted by Crippen LogP contribution is 2.18. The second-order valence-electron chi connectivity index (χ2n) is 4.07. The third kappa shape index (κ3) is 1.82. The number of nitrogens with zero attached hydrogens (tertiary/aromatic N) is 1. The summed E-state index contributed by atoms with van der Waals surface area (Å²) in [4.78, 5) is 22.9. The number of para-hydroxylation sites is 1. The van der Waals surface area contributed by atoms with Gasteiger partial charge in [0, 0.05) is 11.5 Å². The van der Waals surface area contributed by atoms with Gasteiger partial charge in [-0.15, -0.1) is 0 Å². The number of carbonyl (C=O) groups is 1. The Bertz CT molecular complexity index is 643. The molecule has 0 saturated carbocycles. The molecule has 0 spiro atoms. The van der Waals surface area contributed by atoms with Crippen molar-refractivity contribution in [3.05, 3.63) is 46.2 Å². The van der Waals surface area contributed by atoms with Crippen LogP contribution < -0.4 is 5.56 Å². The molecule has 1 aromatic heterocycles. The Hall–Kier alpha value is -2.10. The fourth-order valence-corrected chi connectivity index (χ4v) is 1.98. The van der Waals surface area contributed by atoms with Gasteiger partial charge >= 0.3 is 5.97 Å². The van der Waals surface area contributed by atoms with E-state index in [1.807, 2.05) is 19.1 Å². The monoisotopic (exact) mass is 231 g/mol. The second-order valence-corrected chi connectivity index (χ2v) is 4.07. The molecule has 4 heteroatoms. The fourth-order valence-electron chi connectivity index (χ4n) is 1.98. The minimum atomic E-state index is -1.01. The van der Waals surface area contributed by atoms with Crippen LogP contribution >= 0.6 is 0 Å². The predicted molar refractivity (Wildman–Crippen MR) is 65.3 cm³/mol. The number of fused-ring (bicyclic) bond motifs is 1. The van der Waals surface area contributed by atoms with Crippen molar-refractivity contribution in [3.63, 3.8) is 0 Å². The van der Waals surface area contributed by atoms with Gasteiger partial charge in [0.05, 0.1) is 5.52 Å². The molecule has 0 aliphatic heterocycles. The molecule has 0 aliphatic carbocycles. The molecule has 0 saturated heterocycles. The number of aromatic nitrogens is 1. The lowest BCUT2D eigenvalue weighted by molar-refractivity contribution is -0.140. The molecule has 1 aromatic carbocycles. The molecule has 2 rings (SSSR count). The van der Waals surface area contributed by atoms with Gasteiger partial charge in [0.25, 0.3) is 5.56 Å². The molecule has 0 radical (unpaired) electrons. The van der Waals surface area contributed by atoms with Crippen molar-refractivity contribution >= 4 is 16.9 Å². The molecule has 4 nitrogen and oxygen atoms in total. The average molecular weight is 231 g/mol. The maximum atomic E-state index is 11.9. The zero-order valence-electron chi connectivity index (χ0n) is 9.68. The van der Waals surface area contributed by atoms with E-state index < -0.39 is 12.0 Å². The van der Waals surface area contributed by atoms with Gasteiger partial charge in [-0.25, -0.2) is 4.79 Å². The first-order valence-corrected chi connectivity index (χ1v) is 5.36. The van der Waals surface area contributed by atoms with Gasteiger partial charge in [-0.2, -0.15) is 0 Å². The van der Waals surface area contributed by atoms with Crippen molar-refractivity contribution in [2.75, 3.05) is 0 Å². The molecule has 0 unspecified atom stereocenters. The van der Waals surface area contributed by atoms with Crippen molar-refractivity contribution in [1.29, 1.82) is 0 Å². The van der Waals surface area contributed by atoms with Crippen molar-refractivity contribution in [3.8, 4) is 0 Å². The molecule has 0 fully saturated rings. The lowest BCUT2D eigenvalue weighted by Gasteiger charge is -2.15. The third-order valence-corrected chi connectivity index (χ3v) is 2.91. The highest BCUT2D eigenvalue weighted by molar-refractivity contribution is 5.84. The van der Waals surface area contributed by atoms with Crippen molar-refractivity contribution in [2.45, 2.75) is 19.9 Å². The first kappa shape index (κ1) is 11.4. The summed E-state index contributed by atoms with van der Waals surface area (Å²) in [6, 6.07) is 7.93. The van der Waals surface area contributed by atoms with E-state index in [2.05, 4.69) is 0 Å². The summed E-state index contributed by atoms with van der Waals surface area (Å²) < 4.78 is 1.31. The normalized spacial score (nSPS) is 12.6. The summed E-state index contributed by atoms with van der Waals surface area (Å²) in [6.45, 7) is 3.35. The Morgan fingerprint density at radius 1 is 1.35 bits per heavy atom. The van der Waals surface area contributed by atoms with Crippen molar-refractivity contribution < 1.29 is 9.90 Å². The van der Waals surface area contributed by atoms with Gasteiger partial charge in [0.15, 0.2) is 0 Å². The number of rotatable bonds is 2. The van der Waals surface area contributed by atoms with Gasteiger partial charge in [0.2, 0.25) is 0 Å². The highest BCUT2D eigenvalue weighted by Gasteiger charge is 2.17. The molecular weight excluding hydrogens is 218 g/mol. The minimum Gasteiger partial charge on any atom is -0.480 e. The number of hydrogen-bond donors (Lipinski definition) is 1. The van der Waals surface area contributed by atoms with Crippen LogP contribution in [0.1, 0.15) is 18.5 Å². The van der Waals surface area contributed by atoms with Crippen LogP contribution in [-0.4, -0.2) is 15.6 Å². The molecule has 1 heterocycles. The number of carboxylic acids is 1. The number of aliphatic carboxylic acids is 1. The van der Waals surface area contributed by atoms with Crippen LogP contribution in [0.4, 0.5) is 0 Å². The largest absolute Gasteiger partial charge is 0.480 e. The van der Waals surface area contributed by atoms with Gasteiger partial charge < -0.3 is 5.11 Å². The highest BCUT2D eigenvalue weighted by atomic mass is 16.4. The van der Waals surface area contributed by atoms with E-state index in [9.17, 15) is 9.59 Å². The topological polar surface area (TPSA) is 59.3 Å². The molecule has 1 atom stereocenters. The van der Waals surface area contributed by atoms with Crippen LogP contribution in [-0.2, 0) is 4.79 Å². The molecule has 17 heavy (non-hydrogen) atoms. The van der Waals surface area contributed by atoms with Crippen LogP contribution in [0.15, 0.2) is 35.1 Å². The van der Waals surface area contributed by atoms with E-state index in [-0.39, 0.29) is 5.56 Å². The van der Waals surface area contributed by atoms with E-state index in [4.69, 9.17) is 5.11 Å². The SMILES string of the molecule is Cc1cc(=O)n([C@H](C)C(=O)O)c2ccccc12. The molecular formula is C13H13NO3. The summed E-state index contributed by atoms with van der Waals surface area (Å²) in [7, 11) is 0. The summed E-state index contributed by atoms with van der Waals surface area (Å²) in [5.41, 5.74) is 1.24. The van der Waals surface area contributed by atoms with Crippen LogP contribution in [0.2, 0.25) is 0 Å². The standard InChI is InChI=1S/C13H13NO3/c1-8-7-12(15)14(9(2)13(16)17)11-6-4-3-5-10(8)11/h3-7,9H,1-2H3,(H,16,17)/t9-/m1/s1. The van der Waals surface area contributed by atoms with E-state index in [1.165, 1.54) is 17.6 Å². The number of pyridine rings is 1. The Morgan fingerprint density at radius 2 is 2.00 bits per heavy atom. The number of benzene rings is 1. The van der Waals surface area contributed by atoms with Crippen LogP contribution in [0.5, 0.6) is 0 Å². The Morgan fingerprint density at radius 3 is 2.65 bits per heavy atom. The van der Waals surface area contributed by atoms with Gasteiger partial charge in [-0.05, 0) is 25.5 Å². The zero-order chi connectivity index (χ0) is 12.6. The molecule has 1 N–H and O–H groups in total. The fraction of sp³-hybridized carbons (Fsp3) is 0.231. The molecule has 88 valence electrons. The maximum Gasteiger partial charge on any atom is 0.326 e. The summed E-state index contributed by atoms with van der Waals surface area (Å²) in [5, 5.41) is 9.93. The van der Waals surface area contributed by atoms with Crippen LogP contribution in [0.25, 0.3) is 10.9 Å². The van der Waals surface area contributed by atoms with Crippen molar-refractivity contribution in [2.24, 2.45) is 0 Å². The van der Waals surface area contributed by atoms with Gasteiger partial charge in [-0.3, -0.25) is 9.36 Å². The molecule has 0 bridgehead atoms. The maximum absolute atomic E-state index is 11.9. The van der Waals surface area contributed by atoms with Crippen LogP contribution in [0.3, 0.4) is 0 Å². The smallest absolute Gasteiger partial charge is 0.326 e. The van der Waals surface area contributed by atoms with E-state index >= 15 is 0 Å². The Balaban J connectivity index is 2.87. The first-order chi connectivity index (χ1) is 8.02. The number of carboxylic acid groups (broad SMARTS) is 1. The van der Waals surface area contributed by atoms with E-state index in [0.717, 1.165) is 10.9 Å². The van der Waals surface area contributed by atoms with E-state index in [0.29, 0.717) is 5.52 Å². The predicted octanol–water partition coefficient (Wildman–Crippen LogP) is 1.96. The summed E-state index contributed by atoms with van der Waals surface area (Å²) in [5.74, 6) is -1.01. The van der Waals surface area contributed by atoms with E-state index in [1.54, 1.807) is 12.1 Å². The summed E-state index contributed by atoms with van der Waals surface area (Å²) >= 11 is 0. The molecule has 0 amide bonds. The zero-order valence-corrected chi connectivity index (χ0v) is 9.68. The van der Waals surface area contributed by atoms with Crippen LogP contribution in [0, 0.1) is 6.92 Å². The first-order valence-electron chi connectivity index (χ1n) is 5.36. The average Bonchev–Trinajstić information content (AvgIpc) is 2.28. The minimum absolute atomic E-state index is 0.281.